The summed E-state index contributed by atoms with van der Waals surface area (Å²) >= 11 is 0. The summed E-state index contributed by atoms with van der Waals surface area (Å²) in [5, 5.41) is 5.66. The Morgan fingerprint density at radius 2 is 1.46 bits per heavy atom. The van der Waals surface area contributed by atoms with Crippen LogP contribution in [0.3, 0.4) is 0 Å². The van der Waals surface area contributed by atoms with Crippen LogP contribution in [0.1, 0.15) is 26.3 Å². The predicted octanol–water partition coefficient (Wildman–Crippen LogP) is 3.96. The molecule has 6 heteroatoms. The number of hydrogen-bond donors (Lipinski definition) is 2. The largest absolute Gasteiger partial charge is 0.378 e. The van der Waals surface area contributed by atoms with E-state index < -0.39 is 0 Å². The maximum Gasteiger partial charge on any atom is 0.257 e. The van der Waals surface area contributed by atoms with Crippen LogP contribution >= 0.6 is 0 Å². The number of anilines is 3. The van der Waals surface area contributed by atoms with Crippen molar-refractivity contribution in [3.63, 3.8) is 0 Å². The minimum atomic E-state index is -0.323. The van der Waals surface area contributed by atoms with Gasteiger partial charge >= 0.3 is 0 Å². The molecule has 0 spiro atoms. The van der Waals surface area contributed by atoms with Crippen molar-refractivity contribution in [1.82, 2.24) is 4.98 Å². The highest BCUT2D eigenvalue weighted by Gasteiger charge is 2.13. The van der Waals surface area contributed by atoms with Crippen molar-refractivity contribution >= 4 is 28.9 Å². The van der Waals surface area contributed by atoms with E-state index >= 15 is 0 Å². The van der Waals surface area contributed by atoms with E-state index in [0.29, 0.717) is 16.8 Å². The molecule has 0 aliphatic carbocycles. The Balaban J connectivity index is 1.72. The molecule has 3 aromatic rings. The Morgan fingerprint density at radius 1 is 0.857 bits per heavy atom. The normalized spacial score (nSPS) is 10.2. The minimum absolute atomic E-state index is 0.313. The number of nitrogens with one attached hydrogen (secondary N) is 2. The van der Waals surface area contributed by atoms with Crippen LogP contribution in [0.4, 0.5) is 17.1 Å². The standard InChI is InChI=1S/C22H22N4O2/c1-15-6-4-5-7-20(15)25-22(28)17-12-16(13-23-14-17)21(27)24-18-8-10-19(11-9-18)26(2)3/h4-14H,1-3H3,(H,24,27)(H,25,28). The predicted molar refractivity (Wildman–Crippen MR) is 112 cm³/mol. The van der Waals surface area contributed by atoms with Crippen LogP contribution < -0.4 is 15.5 Å². The highest BCUT2D eigenvalue weighted by atomic mass is 16.2. The van der Waals surface area contributed by atoms with Gasteiger partial charge in [-0.3, -0.25) is 14.6 Å². The van der Waals surface area contributed by atoms with Gasteiger partial charge < -0.3 is 15.5 Å². The Bertz CT molecular complexity index is 997. The van der Waals surface area contributed by atoms with Crippen molar-refractivity contribution in [1.29, 1.82) is 0 Å². The number of para-hydroxylation sites is 1. The van der Waals surface area contributed by atoms with Gasteiger partial charge in [0, 0.05) is 43.6 Å². The number of rotatable bonds is 5. The van der Waals surface area contributed by atoms with Gasteiger partial charge in [-0.15, -0.1) is 0 Å². The average molecular weight is 374 g/mol. The van der Waals surface area contributed by atoms with Crippen LogP contribution in [0.25, 0.3) is 0 Å². The van der Waals surface area contributed by atoms with Crippen LogP contribution in [0.15, 0.2) is 67.0 Å². The molecular formula is C22H22N4O2. The van der Waals surface area contributed by atoms with Gasteiger partial charge in [0.2, 0.25) is 0 Å². The molecule has 2 amide bonds. The molecule has 28 heavy (non-hydrogen) atoms. The Morgan fingerprint density at radius 3 is 2.07 bits per heavy atom. The maximum absolute atomic E-state index is 12.5. The fourth-order valence-electron chi connectivity index (χ4n) is 2.64. The van der Waals surface area contributed by atoms with Crippen LogP contribution in [0.2, 0.25) is 0 Å². The first-order valence-corrected chi connectivity index (χ1v) is 8.85. The van der Waals surface area contributed by atoms with Crippen molar-refractivity contribution < 1.29 is 9.59 Å². The molecule has 0 atom stereocenters. The highest BCUT2D eigenvalue weighted by Crippen LogP contribution is 2.17. The molecule has 0 aliphatic rings. The molecular weight excluding hydrogens is 352 g/mol. The van der Waals surface area contributed by atoms with E-state index in [2.05, 4.69) is 15.6 Å². The molecule has 0 unspecified atom stereocenters. The number of carbonyl (C=O) groups is 2. The van der Waals surface area contributed by atoms with Crippen molar-refractivity contribution in [3.8, 4) is 0 Å². The van der Waals surface area contributed by atoms with E-state index in [0.717, 1.165) is 16.9 Å². The molecule has 2 N–H and O–H groups in total. The van der Waals surface area contributed by atoms with Crippen molar-refractivity contribution in [2.24, 2.45) is 0 Å². The quantitative estimate of drug-likeness (QED) is 0.709. The van der Waals surface area contributed by atoms with Gasteiger partial charge in [-0.05, 0) is 48.9 Å². The maximum atomic E-state index is 12.5. The summed E-state index contributed by atoms with van der Waals surface area (Å²) < 4.78 is 0. The average Bonchev–Trinajstić information content (AvgIpc) is 2.70. The zero-order valence-corrected chi connectivity index (χ0v) is 16.1. The summed E-state index contributed by atoms with van der Waals surface area (Å²) in [6.45, 7) is 1.92. The number of aryl methyl sites for hydroxylation is 1. The lowest BCUT2D eigenvalue weighted by atomic mass is 10.1. The van der Waals surface area contributed by atoms with Gasteiger partial charge in [-0.1, -0.05) is 18.2 Å². The zero-order valence-electron chi connectivity index (χ0n) is 16.1. The zero-order chi connectivity index (χ0) is 20.1. The van der Waals surface area contributed by atoms with Gasteiger partial charge in [0.15, 0.2) is 0 Å². The molecule has 6 nitrogen and oxygen atoms in total. The Kier molecular flexibility index (Phi) is 5.69. The minimum Gasteiger partial charge on any atom is -0.378 e. The summed E-state index contributed by atoms with van der Waals surface area (Å²) in [7, 11) is 3.90. The van der Waals surface area contributed by atoms with E-state index in [9.17, 15) is 9.59 Å². The van der Waals surface area contributed by atoms with E-state index in [1.165, 1.54) is 18.5 Å². The van der Waals surface area contributed by atoms with Gasteiger partial charge in [0.1, 0.15) is 0 Å². The van der Waals surface area contributed by atoms with E-state index in [1.54, 1.807) is 0 Å². The van der Waals surface area contributed by atoms with Crippen molar-refractivity contribution in [2.75, 3.05) is 29.6 Å². The second-order valence-corrected chi connectivity index (χ2v) is 6.63. The molecule has 2 aromatic carbocycles. The highest BCUT2D eigenvalue weighted by molar-refractivity contribution is 6.08. The molecule has 1 aromatic heterocycles. The molecule has 0 aliphatic heterocycles. The smallest absolute Gasteiger partial charge is 0.257 e. The monoisotopic (exact) mass is 374 g/mol. The summed E-state index contributed by atoms with van der Waals surface area (Å²) in [5.74, 6) is -0.637. The second-order valence-electron chi connectivity index (χ2n) is 6.63. The number of amides is 2. The number of carbonyl (C=O) groups excluding carboxylic acids is 2. The SMILES string of the molecule is Cc1ccccc1NC(=O)c1cncc(C(=O)Nc2ccc(N(C)C)cc2)c1. The molecule has 0 saturated carbocycles. The second kappa shape index (κ2) is 8.35. The lowest BCUT2D eigenvalue weighted by Crippen LogP contribution is -2.16. The number of hydrogen-bond acceptors (Lipinski definition) is 4. The molecule has 0 fully saturated rings. The fraction of sp³-hybridized carbons (Fsp3) is 0.136. The molecule has 1 heterocycles. The third kappa shape index (κ3) is 4.54. The van der Waals surface area contributed by atoms with Gasteiger partial charge in [-0.25, -0.2) is 0 Å². The summed E-state index contributed by atoms with van der Waals surface area (Å²) in [5.41, 5.74) is 4.02. The first-order valence-electron chi connectivity index (χ1n) is 8.85. The molecule has 0 bridgehead atoms. The number of pyridine rings is 1. The number of nitrogens with zero attached hydrogens (tertiary/aromatic N) is 2. The third-order valence-corrected chi connectivity index (χ3v) is 4.30. The summed E-state index contributed by atoms with van der Waals surface area (Å²) in [6.07, 6.45) is 2.88. The third-order valence-electron chi connectivity index (χ3n) is 4.30. The van der Waals surface area contributed by atoms with E-state index in [4.69, 9.17) is 0 Å². The van der Waals surface area contributed by atoms with Crippen LogP contribution in [0, 0.1) is 6.92 Å². The Labute approximate surface area is 164 Å². The van der Waals surface area contributed by atoms with Crippen LogP contribution in [-0.4, -0.2) is 30.9 Å². The van der Waals surface area contributed by atoms with Gasteiger partial charge in [-0.2, -0.15) is 0 Å². The first-order chi connectivity index (χ1) is 13.4. The first kappa shape index (κ1) is 19.1. The topological polar surface area (TPSA) is 74.3 Å². The van der Waals surface area contributed by atoms with Crippen LogP contribution in [0.5, 0.6) is 0 Å². The van der Waals surface area contributed by atoms with Crippen molar-refractivity contribution in [2.45, 2.75) is 6.92 Å². The number of aromatic nitrogens is 1. The van der Waals surface area contributed by atoms with Crippen molar-refractivity contribution in [3.05, 3.63) is 83.7 Å². The van der Waals surface area contributed by atoms with Gasteiger partial charge in [0.05, 0.1) is 11.1 Å². The molecule has 0 radical (unpaired) electrons. The van der Waals surface area contributed by atoms with E-state index in [1.807, 2.05) is 74.4 Å². The molecule has 0 saturated heterocycles. The summed E-state index contributed by atoms with van der Waals surface area (Å²) in [6, 6.07) is 16.5. The lowest BCUT2D eigenvalue weighted by molar-refractivity contribution is 0.102. The summed E-state index contributed by atoms with van der Waals surface area (Å²) in [4.78, 5) is 31.1. The fourth-order valence-corrected chi connectivity index (χ4v) is 2.64. The Hall–Kier alpha value is -3.67. The molecule has 3 rings (SSSR count). The van der Waals surface area contributed by atoms with E-state index in [-0.39, 0.29) is 11.8 Å². The number of benzene rings is 2. The molecule has 142 valence electrons. The van der Waals surface area contributed by atoms with Gasteiger partial charge in [0.25, 0.3) is 11.8 Å². The van der Waals surface area contributed by atoms with Crippen LogP contribution in [-0.2, 0) is 0 Å². The lowest BCUT2D eigenvalue weighted by Gasteiger charge is -2.13.